The summed E-state index contributed by atoms with van der Waals surface area (Å²) in [6.45, 7) is 13.7. The van der Waals surface area contributed by atoms with Crippen molar-refractivity contribution in [2.45, 2.75) is 58.9 Å². The molecule has 0 saturated carbocycles. The first-order chi connectivity index (χ1) is 13.4. The van der Waals surface area contributed by atoms with Crippen LogP contribution in [0.1, 0.15) is 62.6 Å². The molecule has 1 amide bonds. The molecule has 1 aliphatic rings. The summed E-state index contributed by atoms with van der Waals surface area (Å²) in [5.41, 5.74) is 0.922. The maximum absolute atomic E-state index is 12.0. The average molecular weight is 392 g/mol. The molecule has 7 heteroatoms. The predicted molar refractivity (Wildman–Crippen MR) is 114 cm³/mol. The molecule has 2 rings (SSSR count). The summed E-state index contributed by atoms with van der Waals surface area (Å²) in [6.07, 6.45) is 6.27. The summed E-state index contributed by atoms with van der Waals surface area (Å²) < 4.78 is 5.21. The summed E-state index contributed by atoms with van der Waals surface area (Å²) in [5.74, 6) is 1.06. The van der Waals surface area contributed by atoms with E-state index in [1.165, 1.54) is 38.6 Å². The van der Waals surface area contributed by atoms with Crippen molar-refractivity contribution in [2.24, 2.45) is 4.99 Å². The highest BCUT2D eigenvalue weighted by Crippen LogP contribution is 2.20. The quantitative estimate of drug-likeness (QED) is 0.342. The molecule has 1 aromatic heterocycles. The van der Waals surface area contributed by atoms with Gasteiger partial charge in [-0.2, -0.15) is 0 Å². The third kappa shape index (κ3) is 6.86. The summed E-state index contributed by atoms with van der Waals surface area (Å²) in [7, 11) is 0. The SMILES string of the molecule is CCNC(=NCC(C)(C)N1CCCCC1)NCCCNC(=O)c1occc1C. The topological polar surface area (TPSA) is 81.9 Å². The van der Waals surface area contributed by atoms with E-state index in [9.17, 15) is 4.79 Å². The number of hydrogen-bond acceptors (Lipinski definition) is 4. The molecule has 2 heterocycles. The molecular formula is C21H37N5O2. The van der Waals surface area contributed by atoms with Crippen molar-refractivity contribution in [1.29, 1.82) is 0 Å². The lowest BCUT2D eigenvalue weighted by Crippen LogP contribution is -2.49. The van der Waals surface area contributed by atoms with E-state index >= 15 is 0 Å². The van der Waals surface area contributed by atoms with Crippen molar-refractivity contribution in [2.75, 3.05) is 39.3 Å². The lowest BCUT2D eigenvalue weighted by Gasteiger charge is -2.40. The first-order valence-electron chi connectivity index (χ1n) is 10.5. The number of carbonyl (C=O) groups is 1. The minimum atomic E-state index is -0.161. The van der Waals surface area contributed by atoms with Gasteiger partial charge in [0.05, 0.1) is 12.8 Å². The lowest BCUT2D eigenvalue weighted by molar-refractivity contribution is 0.0924. The van der Waals surface area contributed by atoms with Crippen LogP contribution >= 0.6 is 0 Å². The summed E-state index contributed by atoms with van der Waals surface area (Å²) >= 11 is 0. The molecule has 0 spiro atoms. The van der Waals surface area contributed by atoms with Gasteiger partial charge < -0.3 is 20.4 Å². The van der Waals surface area contributed by atoms with Gasteiger partial charge in [0.1, 0.15) is 0 Å². The molecule has 0 unspecified atom stereocenters. The van der Waals surface area contributed by atoms with Crippen LogP contribution in [0.15, 0.2) is 21.7 Å². The fourth-order valence-electron chi connectivity index (χ4n) is 3.40. The van der Waals surface area contributed by atoms with Gasteiger partial charge >= 0.3 is 0 Å². The van der Waals surface area contributed by atoms with E-state index in [0.717, 1.165) is 37.6 Å². The second-order valence-corrected chi connectivity index (χ2v) is 8.02. The van der Waals surface area contributed by atoms with E-state index in [0.29, 0.717) is 12.3 Å². The van der Waals surface area contributed by atoms with E-state index in [1.807, 2.05) is 6.92 Å². The number of amides is 1. The van der Waals surface area contributed by atoms with Crippen LogP contribution in [0.3, 0.4) is 0 Å². The van der Waals surface area contributed by atoms with Gasteiger partial charge in [-0.1, -0.05) is 6.42 Å². The smallest absolute Gasteiger partial charge is 0.287 e. The van der Waals surface area contributed by atoms with Gasteiger partial charge in [-0.15, -0.1) is 0 Å². The normalized spacial score (nSPS) is 16.1. The molecule has 0 bridgehead atoms. The third-order valence-corrected chi connectivity index (χ3v) is 5.18. The Morgan fingerprint density at radius 3 is 2.54 bits per heavy atom. The molecule has 158 valence electrons. The van der Waals surface area contributed by atoms with Gasteiger partial charge in [-0.05, 0) is 66.1 Å². The van der Waals surface area contributed by atoms with Crippen LogP contribution in [-0.2, 0) is 0 Å². The molecule has 0 aromatic carbocycles. The zero-order valence-electron chi connectivity index (χ0n) is 17.9. The Bertz CT molecular complexity index is 632. The molecule has 1 aromatic rings. The molecule has 28 heavy (non-hydrogen) atoms. The number of guanidine groups is 1. The molecule has 1 saturated heterocycles. The third-order valence-electron chi connectivity index (χ3n) is 5.18. The van der Waals surface area contributed by atoms with Crippen LogP contribution in [0.5, 0.6) is 0 Å². The number of nitrogens with zero attached hydrogens (tertiary/aromatic N) is 2. The first-order valence-corrected chi connectivity index (χ1v) is 10.5. The molecule has 0 aliphatic carbocycles. The van der Waals surface area contributed by atoms with Crippen LogP contribution in [0.25, 0.3) is 0 Å². The van der Waals surface area contributed by atoms with Crippen molar-refractivity contribution in [3.8, 4) is 0 Å². The molecule has 1 fully saturated rings. The molecule has 0 radical (unpaired) electrons. The number of hydrogen-bond donors (Lipinski definition) is 3. The molecule has 1 aliphatic heterocycles. The number of furan rings is 1. The van der Waals surface area contributed by atoms with Gasteiger partial charge in [0.25, 0.3) is 5.91 Å². The van der Waals surface area contributed by atoms with E-state index in [2.05, 4.69) is 41.6 Å². The fourth-order valence-corrected chi connectivity index (χ4v) is 3.40. The number of piperidine rings is 1. The number of carbonyl (C=O) groups excluding carboxylic acids is 1. The van der Waals surface area contributed by atoms with Crippen LogP contribution in [0.4, 0.5) is 0 Å². The number of nitrogens with one attached hydrogen (secondary N) is 3. The Morgan fingerprint density at radius 1 is 1.18 bits per heavy atom. The standard InChI is InChI=1S/C21H37N5O2/c1-5-22-20(25-16-21(3,4)26-13-7-6-8-14-26)24-12-9-11-23-19(27)18-17(2)10-15-28-18/h10,15H,5-9,11-14,16H2,1-4H3,(H,23,27)(H2,22,24,25). The fraction of sp³-hybridized carbons (Fsp3) is 0.714. The highest BCUT2D eigenvalue weighted by atomic mass is 16.3. The van der Waals surface area contributed by atoms with Crippen LogP contribution in [0, 0.1) is 6.92 Å². The zero-order valence-corrected chi connectivity index (χ0v) is 17.9. The first kappa shape index (κ1) is 22.3. The second kappa shape index (κ2) is 11.1. The highest BCUT2D eigenvalue weighted by molar-refractivity contribution is 5.92. The van der Waals surface area contributed by atoms with Crippen molar-refractivity contribution in [3.63, 3.8) is 0 Å². The molecule has 0 atom stereocenters. The molecule has 3 N–H and O–H groups in total. The monoisotopic (exact) mass is 391 g/mol. The average Bonchev–Trinajstić information content (AvgIpc) is 3.12. The number of rotatable bonds is 9. The Hall–Kier alpha value is -2.02. The Labute approximate surface area is 169 Å². The highest BCUT2D eigenvalue weighted by Gasteiger charge is 2.27. The van der Waals surface area contributed by atoms with Crippen molar-refractivity contribution in [3.05, 3.63) is 23.7 Å². The van der Waals surface area contributed by atoms with Crippen LogP contribution < -0.4 is 16.0 Å². The number of aliphatic imine (C=N–C) groups is 1. The lowest BCUT2D eigenvalue weighted by atomic mass is 9.99. The summed E-state index contributed by atoms with van der Waals surface area (Å²) in [6, 6.07) is 1.79. The van der Waals surface area contributed by atoms with E-state index in [4.69, 9.17) is 9.41 Å². The van der Waals surface area contributed by atoms with Crippen molar-refractivity contribution < 1.29 is 9.21 Å². The minimum absolute atomic E-state index is 0.0671. The van der Waals surface area contributed by atoms with Crippen LogP contribution in [-0.4, -0.2) is 61.6 Å². The van der Waals surface area contributed by atoms with Gasteiger partial charge in [0.15, 0.2) is 11.7 Å². The Kier molecular flexibility index (Phi) is 8.83. The van der Waals surface area contributed by atoms with E-state index in [1.54, 1.807) is 6.07 Å². The van der Waals surface area contributed by atoms with E-state index < -0.39 is 0 Å². The molecular weight excluding hydrogens is 354 g/mol. The summed E-state index contributed by atoms with van der Waals surface area (Å²) in [4.78, 5) is 19.4. The summed E-state index contributed by atoms with van der Waals surface area (Å²) in [5, 5.41) is 9.56. The van der Waals surface area contributed by atoms with Crippen molar-refractivity contribution in [1.82, 2.24) is 20.9 Å². The Balaban J connectivity index is 1.73. The largest absolute Gasteiger partial charge is 0.459 e. The maximum atomic E-state index is 12.0. The van der Waals surface area contributed by atoms with Gasteiger partial charge in [-0.3, -0.25) is 14.7 Å². The van der Waals surface area contributed by atoms with Crippen LogP contribution in [0.2, 0.25) is 0 Å². The van der Waals surface area contributed by atoms with Gasteiger partial charge in [0.2, 0.25) is 0 Å². The van der Waals surface area contributed by atoms with Crippen molar-refractivity contribution >= 4 is 11.9 Å². The zero-order chi connectivity index (χ0) is 20.4. The minimum Gasteiger partial charge on any atom is -0.459 e. The Morgan fingerprint density at radius 2 is 1.89 bits per heavy atom. The number of likely N-dealkylation sites (tertiary alicyclic amines) is 1. The predicted octanol–water partition coefficient (Wildman–Crippen LogP) is 2.53. The van der Waals surface area contributed by atoms with Gasteiger partial charge in [0, 0.05) is 30.7 Å². The molecule has 7 nitrogen and oxygen atoms in total. The van der Waals surface area contributed by atoms with E-state index in [-0.39, 0.29) is 11.4 Å². The maximum Gasteiger partial charge on any atom is 0.287 e. The second-order valence-electron chi connectivity index (χ2n) is 8.02. The van der Waals surface area contributed by atoms with Gasteiger partial charge in [-0.25, -0.2) is 0 Å². The number of aryl methyl sites for hydroxylation is 1.